The van der Waals surface area contributed by atoms with Crippen molar-refractivity contribution in [1.29, 1.82) is 0 Å². The molecule has 1 N–H and O–H groups in total. The van der Waals surface area contributed by atoms with Crippen LogP contribution in [0, 0.1) is 0 Å². The van der Waals surface area contributed by atoms with Gasteiger partial charge in [-0.15, -0.1) is 0 Å². The molecule has 3 rings (SSSR count). The number of benzene rings is 2. The Morgan fingerprint density at radius 3 is 2.38 bits per heavy atom. The van der Waals surface area contributed by atoms with E-state index >= 15 is 0 Å². The van der Waals surface area contributed by atoms with Crippen molar-refractivity contribution >= 4 is 5.97 Å². The van der Waals surface area contributed by atoms with Crippen LogP contribution in [0.1, 0.15) is 56.1 Å². The highest BCUT2D eigenvalue weighted by Gasteiger charge is 2.20. The van der Waals surface area contributed by atoms with E-state index in [1.54, 1.807) is 6.92 Å². The third-order valence-electron chi connectivity index (χ3n) is 5.45. The van der Waals surface area contributed by atoms with Gasteiger partial charge in [-0.25, -0.2) is 4.79 Å². The van der Waals surface area contributed by atoms with Crippen LogP contribution in [0.15, 0.2) is 54.6 Å². The first kappa shape index (κ1) is 21.1. The van der Waals surface area contributed by atoms with Crippen molar-refractivity contribution in [3.05, 3.63) is 65.7 Å². The molecule has 0 radical (unpaired) electrons. The van der Waals surface area contributed by atoms with Crippen LogP contribution in [0.4, 0.5) is 0 Å². The summed E-state index contributed by atoms with van der Waals surface area (Å²) in [7, 11) is 0. The summed E-state index contributed by atoms with van der Waals surface area (Å²) >= 11 is 0. The molecule has 4 heteroatoms. The maximum absolute atomic E-state index is 11.6. The Morgan fingerprint density at radius 1 is 1.03 bits per heavy atom. The third-order valence-corrected chi connectivity index (χ3v) is 5.45. The number of hydrogen-bond donors (Lipinski definition) is 1. The first-order valence-electron chi connectivity index (χ1n) is 10.4. The van der Waals surface area contributed by atoms with Gasteiger partial charge < -0.3 is 14.6 Å². The molecular weight excluding hydrogens is 364 g/mol. The number of rotatable bonds is 8. The topological polar surface area (TPSA) is 55.8 Å². The number of ether oxygens (including phenoxy) is 2. The van der Waals surface area contributed by atoms with E-state index in [-0.39, 0.29) is 19.2 Å². The van der Waals surface area contributed by atoms with Crippen LogP contribution in [-0.4, -0.2) is 24.3 Å². The van der Waals surface area contributed by atoms with E-state index < -0.39 is 0 Å². The van der Waals surface area contributed by atoms with Gasteiger partial charge in [0.05, 0.1) is 6.61 Å². The molecule has 0 aliphatic heterocycles. The molecule has 1 aliphatic carbocycles. The number of esters is 1. The number of carbonyl (C=O) groups is 1. The van der Waals surface area contributed by atoms with E-state index in [9.17, 15) is 9.90 Å². The van der Waals surface area contributed by atoms with Crippen LogP contribution >= 0.6 is 0 Å². The highest BCUT2D eigenvalue weighted by atomic mass is 16.6. The maximum atomic E-state index is 11.6. The molecule has 2 aromatic carbocycles. The predicted octanol–water partition coefficient (Wildman–Crippen LogP) is 5.39. The smallest absolute Gasteiger partial charge is 0.333 e. The van der Waals surface area contributed by atoms with Gasteiger partial charge in [0.15, 0.2) is 0 Å². The van der Waals surface area contributed by atoms with Gasteiger partial charge in [0.25, 0.3) is 0 Å². The summed E-state index contributed by atoms with van der Waals surface area (Å²) in [6.07, 6.45) is 6.19. The van der Waals surface area contributed by atoms with Crippen LogP contribution in [0.5, 0.6) is 5.75 Å². The van der Waals surface area contributed by atoms with E-state index in [0.29, 0.717) is 18.1 Å². The lowest BCUT2D eigenvalue weighted by atomic mass is 9.83. The Bertz CT molecular complexity index is 832. The second-order valence-corrected chi connectivity index (χ2v) is 7.71. The first-order valence-corrected chi connectivity index (χ1v) is 10.4. The monoisotopic (exact) mass is 394 g/mol. The summed E-state index contributed by atoms with van der Waals surface area (Å²) in [6.45, 7) is 5.78. The lowest BCUT2D eigenvalue weighted by Gasteiger charge is -2.25. The predicted molar refractivity (Wildman–Crippen MR) is 115 cm³/mol. The van der Waals surface area contributed by atoms with Crippen LogP contribution in [0.25, 0.3) is 11.1 Å². The SMILES string of the molecule is C=C(C)C(=O)OCCOc1cc(-c2ccc(CO)cc2)ccc1C1CCCCC1. The van der Waals surface area contributed by atoms with Gasteiger partial charge in [-0.2, -0.15) is 0 Å². The zero-order valence-corrected chi connectivity index (χ0v) is 17.2. The minimum atomic E-state index is -0.390. The third kappa shape index (κ3) is 5.70. The van der Waals surface area contributed by atoms with Crippen LogP contribution in [0.2, 0.25) is 0 Å². The number of aliphatic hydroxyl groups excluding tert-OH is 1. The Hall–Kier alpha value is -2.59. The zero-order valence-electron chi connectivity index (χ0n) is 17.2. The minimum absolute atomic E-state index is 0.0398. The Morgan fingerprint density at radius 2 is 1.72 bits per heavy atom. The fourth-order valence-electron chi connectivity index (χ4n) is 3.80. The van der Waals surface area contributed by atoms with Crippen LogP contribution < -0.4 is 4.74 Å². The second-order valence-electron chi connectivity index (χ2n) is 7.71. The van der Waals surface area contributed by atoms with Crippen molar-refractivity contribution in [2.45, 2.75) is 51.6 Å². The maximum Gasteiger partial charge on any atom is 0.333 e. The second kappa shape index (κ2) is 10.3. The van der Waals surface area contributed by atoms with Gasteiger partial charge in [-0.05, 0) is 54.0 Å². The molecule has 1 saturated carbocycles. The lowest BCUT2D eigenvalue weighted by molar-refractivity contribution is -0.139. The summed E-state index contributed by atoms with van der Waals surface area (Å²) in [4.78, 5) is 11.6. The molecule has 2 aromatic rings. The molecule has 29 heavy (non-hydrogen) atoms. The molecule has 0 spiro atoms. The van der Waals surface area contributed by atoms with E-state index in [1.807, 2.05) is 24.3 Å². The number of aliphatic hydroxyl groups is 1. The Balaban J connectivity index is 1.78. The Kier molecular flexibility index (Phi) is 7.48. The molecule has 0 saturated heterocycles. The average molecular weight is 395 g/mol. The van der Waals surface area contributed by atoms with Gasteiger partial charge in [0, 0.05) is 5.57 Å². The molecule has 1 aliphatic rings. The summed E-state index contributed by atoms with van der Waals surface area (Å²) < 4.78 is 11.2. The van der Waals surface area contributed by atoms with Gasteiger partial charge in [-0.1, -0.05) is 62.2 Å². The molecule has 0 unspecified atom stereocenters. The molecule has 0 aromatic heterocycles. The summed E-state index contributed by atoms with van der Waals surface area (Å²) in [5.41, 5.74) is 4.68. The quantitative estimate of drug-likeness (QED) is 0.370. The normalized spacial score (nSPS) is 14.4. The average Bonchev–Trinajstić information content (AvgIpc) is 2.77. The number of carbonyl (C=O) groups excluding carboxylic acids is 1. The molecule has 0 amide bonds. The standard InChI is InChI=1S/C25H30O4/c1-18(2)25(27)29-15-14-28-24-16-22(20-10-8-19(17-26)9-11-20)12-13-23(24)21-6-4-3-5-7-21/h8-13,16,21,26H,1,3-7,14-15,17H2,2H3. The van der Waals surface area contributed by atoms with Gasteiger partial charge in [0.2, 0.25) is 0 Å². The molecule has 154 valence electrons. The van der Waals surface area contributed by atoms with Crippen LogP contribution in [-0.2, 0) is 16.1 Å². The van der Waals surface area contributed by atoms with Crippen molar-refractivity contribution in [1.82, 2.24) is 0 Å². The van der Waals surface area contributed by atoms with Crippen molar-refractivity contribution < 1.29 is 19.4 Å². The highest BCUT2D eigenvalue weighted by Crippen LogP contribution is 2.39. The van der Waals surface area contributed by atoms with Gasteiger partial charge in [-0.3, -0.25) is 0 Å². The number of hydrogen-bond acceptors (Lipinski definition) is 4. The molecule has 1 fully saturated rings. The van der Waals surface area contributed by atoms with E-state index in [2.05, 4.69) is 24.8 Å². The minimum Gasteiger partial charge on any atom is -0.490 e. The van der Waals surface area contributed by atoms with Crippen molar-refractivity contribution in [2.24, 2.45) is 0 Å². The van der Waals surface area contributed by atoms with Crippen LogP contribution in [0.3, 0.4) is 0 Å². The fraction of sp³-hybridized carbons (Fsp3) is 0.400. The molecular formula is C25H30O4. The summed E-state index contributed by atoms with van der Waals surface area (Å²) in [6, 6.07) is 14.3. The van der Waals surface area contributed by atoms with Crippen molar-refractivity contribution in [3.63, 3.8) is 0 Å². The lowest BCUT2D eigenvalue weighted by Crippen LogP contribution is -2.14. The largest absolute Gasteiger partial charge is 0.490 e. The summed E-state index contributed by atoms with van der Waals surface area (Å²) in [5.74, 6) is 0.994. The molecule has 0 atom stereocenters. The van der Waals surface area contributed by atoms with Gasteiger partial charge in [0.1, 0.15) is 19.0 Å². The van der Waals surface area contributed by atoms with E-state index in [0.717, 1.165) is 22.4 Å². The van der Waals surface area contributed by atoms with E-state index in [1.165, 1.54) is 37.7 Å². The Labute approximate surface area is 173 Å². The molecule has 0 bridgehead atoms. The first-order chi connectivity index (χ1) is 14.1. The van der Waals surface area contributed by atoms with Gasteiger partial charge >= 0.3 is 5.97 Å². The van der Waals surface area contributed by atoms with E-state index in [4.69, 9.17) is 9.47 Å². The van der Waals surface area contributed by atoms with Crippen molar-refractivity contribution in [2.75, 3.05) is 13.2 Å². The fourth-order valence-corrected chi connectivity index (χ4v) is 3.80. The highest BCUT2D eigenvalue weighted by molar-refractivity contribution is 5.86. The molecule has 4 nitrogen and oxygen atoms in total. The summed E-state index contributed by atoms with van der Waals surface area (Å²) in [5, 5.41) is 9.26. The molecule has 0 heterocycles. The van der Waals surface area contributed by atoms with Crippen molar-refractivity contribution in [3.8, 4) is 16.9 Å². The zero-order chi connectivity index (χ0) is 20.6.